The van der Waals surface area contributed by atoms with Gasteiger partial charge in [-0.3, -0.25) is 9.69 Å². The van der Waals surface area contributed by atoms with Crippen molar-refractivity contribution >= 4 is 5.91 Å². The fraction of sp³-hybridized carbons (Fsp3) is 0.536. The lowest BCUT2D eigenvalue weighted by atomic mass is 9.75. The Morgan fingerprint density at radius 3 is 2.57 bits per heavy atom. The average molecular weight is 481 g/mol. The number of rotatable bonds is 3. The van der Waals surface area contributed by atoms with Crippen LogP contribution in [-0.2, 0) is 17.8 Å². The van der Waals surface area contributed by atoms with Crippen LogP contribution in [0.1, 0.15) is 43.2 Å². The first kappa shape index (κ1) is 23.9. The molecule has 1 saturated heterocycles. The minimum absolute atomic E-state index is 0.00796. The zero-order valence-corrected chi connectivity index (χ0v) is 20.4. The van der Waals surface area contributed by atoms with Crippen molar-refractivity contribution in [2.24, 2.45) is 5.41 Å². The summed E-state index contributed by atoms with van der Waals surface area (Å²) in [5, 5.41) is 10.2. The average Bonchev–Trinajstić information content (AvgIpc) is 3.35. The first-order valence-corrected chi connectivity index (χ1v) is 12.8. The number of nitrogens with zero attached hydrogens (tertiary/aromatic N) is 2. The van der Waals surface area contributed by atoms with Crippen LogP contribution in [0.5, 0.6) is 17.2 Å². The van der Waals surface area contributed by atoms with Gasteiger partial charge in [0.2, 0.25) is 12.7 Å². The Morgan fingerprint density at radius 1 is 0.886 bits per heavy atom. The summed E-state index contributed by atoms with van der Waals surface area (Å²) in [5.41, 5.74) is 2.11. The lowest BCUT2D eigenvalue weighted by molar-refractivity contribution is -0.131. The van der Waals surface area contributed by atoms with Crippen LogP contribution in [0.4, 0.5) is 0 Å². The molecule has 0 aliphatic carbocycles. The van der Waals surface area contributed by atoms with Crippen LogP contribution in [0.15, 0.2) is 42.5 Å². The molecular weight excluding hydrogens is 444 g/mol. The van der Waals surface area contributed by atoms with Crippen LogP contribution >= 0.6 is 0 Å². The number of piperidine rings is 1. The molecule has 0 saturated carbocycles. The van der Waals surface area contributed by atoms with Gasteiger partial charge in [-0.2, -0.15) is 0 Å². The third-order valence-electron chi connectivity index (χ3n) is 7.77. The molecule has 1 amide bonds. The van der Waals surface area contributed by atoms with E-state index in [0.29, 0.717) is 31.9 Å². The topological polar surface area (TPSA) is 71.5 Å². The van der Waals surface area contributed by atoms with Crippen LogP contribution in [0.2, 0.25) is 0 Å². The molecule has 4 aliphatic rings. The summed E-state index contributed by atoms with van der Waals surface area (Å²) in [6, 6.07) is 13.9. The Hall–Kier alpha value is -2.77. The van der Waals surface area contributed by atoms with E-state index in [9.17, 15) is 9.90 Å². The normalized spacial score (nSPS) is 24.7. The smallest absolute Gasteiger partial charge is 0.231 e. The number of hydrogen-bond donors (Lipinski definition) is 1. The van der Waals surface area contributed by atoms with Crippen molar-refractivity contribution in [3.8, 4) is 17.2 Å². The van der Waals surface area contributed by atoms with Gasteiger partial charge < -0.3 is 24.2 Å². The zero-order chi connectivity index (χ0) is 24.1. The molecular formula is C28H36N2O5. The molecule has 2 aromatic rings. The highest BCUT2D eigenvalue weighted by atomic mass is 16.7. The molecule has 4 heterocycles. The van der Waals surface area contributed by atoms with Crippen molar-refractivity contribution in [2.45, 2.75) is 45.1 Å². The molecule has 4 aliphatic heterocycles. The van der Waals surface area contributed by atoms with E-state index in [4.69, 9.17) is 14.2 Å². The minimum atomic E-state index is 0.00796. The number of aliphatic hydroxyl groups is 1. The van der Waals surface area contributed by atoms with Crippen LogP contribution in [0.3, 0.4) is 0 Å². The predicted molar refractivity (Wildman–Crippen MR) is 133 cm³/mol. The maximum absolute atomic E-state index is 13.3. The van der Waals surface area contributed by atoms with Crippen LogP contribution in [0.25, 0.3) is 0 Å². The number of amides is 1. The highest BCUT2D eigenvalue weighted by Gasteiger charge is 2.34. The standard InChI is InChI=1S/C28H36N2O5/c31-20-28-9-3-4-12-30(27(32)18-22-7-8-25-26(17-22)35-21-34-25)15-16-33-24-6-2-1-5-23(24)19-29(13-10-28)14-11-28/h1-2,5-8,17,31H,3-4,9-16,18-21H2. The van der Waals surface area contributed by atoms with Crippen molar-refractivity contribution in [1.82, 2.24) is 9.80 Å². The van der Waals surface area contributed by atoms with Crippen molar-refractivity contribution < 1.29 is 24.1 Å². The van der Waals surface area contributed by atoms with Crippen molar-refractivity contribution in [2.75, 3.05) is 46.2 Å². The highest BCUT2D eigenvalue weighted by Crippen LogP contribution is 2.37. The lowest BCUT2D eigenvalue weighted by Crippen LogP contribution is -2.41. The van der Waals surface area contributed by atoms with Gasteiger partial charge in [0.1, 0.15) is 12.4 Å². The summed E-state index contributed by atoms with van der Waals surface area (Å²) < 4.78 is 17.1. The molecule has 2 bridgehead atoms. The monoisotopic (exact) mass is 480 g/mol. The summed E-state index contributed by atoms with van der Waals surface area (Å²) >= 11 is 0. The summed E-state index contributed by atoms with van der Waals surface area (Å²) in [6.07, 6.45) is 5.29. The zero-order valence-electron chi connectivity index (χ0n) is 20.4. The Labute approximate surface area is 207 Å². The lowest BCUT2D eigenvalue weighted by Gasteiger charge is -2.41. The molecule has 0 aromatic heterocycles. The predicted octanol–water partition coefficient (Wildman–Crippen LogP) is 3.62. The van der Waals surface area contributed by atoms with E-state index in [2.05, 4.69) is 17.0 Å². The van der Waals surface area contributed by atoms with Gasteiger partial charge >= 0.3 is 0 Å². The quantitative estimate of drug-likeness (QED) is 0.724. The molecule has 35 heavy (non-hydrogen) atoms. The number of ether oxygens (including phenoxy) is 3. The fourth-order valence-electron chi connectivity index (χ4n) is 5.46. The maximum atomic E-state index is 13.3. The first-order chi connectivity index (χ1) is 17.1. The fourth-order valence-corrected chi connectivity index (χ4v) is 5.46. The minimum Gasteiger partial charge on any atom is -0.491 e. The van der Waals surface area contributed by atoms with E-state index in [1.807, 2.05) is 35.2 Å². The Bertz CT molecular complexity index is 1020. The SMILES string of the molecule is O=C(Cc1ccc2c(c1)OCO2)N1CCCCC2(CO)CCN(CC2)Cc2ccccc2OCC1. The molecule has 7 heteroatoms. The largest absolute Gasteiger partial charge is 0.491 e. The van der Waals surface area contributed by atoms with Crippen molar-refractivity contribution in [3.63, 3.8) is 0 Å². The Kier molecular flexibility index (Phi) is 7.44. The Balaban J connectivity index is 1.30. The van der Waals surface area contributed by atoms with Crippen LogP contribution in [0, 0.1) is 5.41 Å². The highest BCUT2D eigenvalue weighted by molar-refractivity contribution is 5.79. The second-order valence-corrected chi connectivity index (χ2v) is 10.1. The number of aliphatic hydroxyl groups excluding tert-OH is 1. The maximum Gasteiger partial charge on any atom is 0.231 e. The number of benzene rings is 2. The summed E-state index contributed by atoms with van der Waals surface area (Å²) in [7, 11) is 0. The molecule has 2 aromatic carbocycles. The van der Waals surface area contributed by atoms with Gasteiger partial charge in [0, 0.05) is 25.3 Å². The van der Waals surface area contributed by atoms with Gasteiger partial charge in [-0.25, -0.2) is 0 Å². The number of carbonyl (C=O) groups is 1. The van der Waals surface area contributed by atoms with E-state index in [1.54, 1.807) is 0 Å². The first-order valence-electron chi connectivity index (χ1n) is 12.8. The van der Waals surface area contributed by atoms with Crippen molar-refractivity contribution in [3.05, 3.63) is 53.6 Å². The number of carbonyl (C=O) groups excluding carboxylic acids is 1. The van der Waals surface area contributed by atoms with Gasteiger partial charge in [0.15, 0.2) is 11.5 Å². The summed E-state index contributed by atoms with van der Waals surface area (Å²) in [6.45, 7) is 5.02. The summed E-state index contributed by atoms with van der Waals surface area (Å²) in [4.78, 5) is 17.7. The molecule has 0 radical (unpaired) electrons. The van der Waals surface area contributed by atoms with Gasteiger partial charge in [0.25, 0.3) is 0 Å². The molecule has 6 rings (SSSR count). The number of para-hydroxylation sites is 1. The van der Waals surface area contributed by atoms with E-state index >= 15 is 0 Å². The van der Waals surface area contributed by atoms with E-state index in [0.717, 1.165) is 68.8 Å². The Morgan fingerprint density at radius 2 is 1.71 bits per heavy atom. The van der Waals surface area contributed by atoms with E-state index < -0.39 is 0 Å². The van der Waals surface area contributed by atoms with Crippen molar-refractivity contribution in [1.29, 1.82) is 0 Å². The molecule has 1 fully saturated rings. The third-order valence-corrected chi connectivity index (χ3v) is 7.77. The molecule has 1 N–H and O–H groups in total. The second kappa shape index (κ2) is 10.9. The summed E-state index contributed by atoms with van der Waals surface area (Å²) in [5.74, 6) is 2.41. The third kappa shape index (κ3) is 5.73. The number of fused-ring (bicyclic) bond motifs is 10. The molecule has 188 valence electrons. The molecule has 0 unspecified atom stereocenters. The van der Waals surface area contributed by atoms with E-state index in [1.165, 1.54) is 5.56 Å². The van der Waals surface area contributed by atoms with Gasteiger partial charge in [-0.05, 0) is 68.0 Å². The molecule has 0 spiro atoms. The second-order valence-electron chi connectivity index (χ2n) is 10.1. The van der Waals surface area contributed by atoms with Gasteiger partial charge in [-0.15, -0.1) is 0 Å². The van der Waals surface area contributed by atoms with Gasteiger partial charge in [0.05, 0.1) is 13.0 Å². The van der Waals surface area contributed by atoms with E-state index in [-0.39, 0.29) is 24.7 Å². The molecule has 7 nitrogen and oxygen atoms in total. The van der Waals surface area contributed by atoms with Gasteiger partial charge in [-0.1, -0.05) is 30.7 Å². The number of hydrogen-bond acceptors (Lipinski definition) is 6. The molecule has 0 atom stereocenters. The van der Waals surface area contributed by atoms with Crippen LogP contribution in [-0.4, -0.2) is 67.0 Å². The van der Waals surface area contributed by atoms with Crippen LogP contribution < -0.4 is 14.2 Å².